The van der Waals surface area contributed by atoms with Gasteiger partial charge in [0, 0.05) is 11.6 Å². The number of rotatable bonds is 3. The van der Waals surface area contributed by atoms with Crippen LogP contribution in [0.15, 0.2) is 24.3 Å². The maximum Gasteiger partial charge on any atom is 0.0408 e. The Morgan fingerprint density at radius 1 is 1.11 bits per heavy atom. The van der Waals surface area contributed by atoms with E-state index in [4.69, 9.17) is 11.6 Å². The highest BCUT2D eigenvalue weighted by Gasteiger charge is 2.48. The Hall–Kier alpha value is -0.530. The minimum absolute atomic E-state index is 0.431. The fourth-order valence-corrected chi connectivity index (χ4v) is 4.35. The lowest BCUT2D eigenvalue weighted by molar-refractivity contribution is 0.0415. The van der Waals surface area contributed by atoms with Gasteiger partial charge in [-0.3, -0.25) is 0 Å². The summed E-state index contributed by atoms with van der Waals surface area (Å²) in [6.07, 6.45) is 8.15. The molecule has 4 rings (SSSR count). The summed E-state index contributed by atoms with van der Waals surface area (Å²) in [7, 11) is 2.09. The Labute approximate surface area is 115 Å². The van der Waals surface area contributed by atoms with Gasteiger partial charge < -0.3 is 5.32 Å². The molecule has 1 nitrogen and oxygen atoms in total. The quantitative estimate of drug-likeness (QED) is 0.864. The van der Waals surface area contributed by atoms with Crippen LogP contribution in [0.5, 0.6) is 0 Å². The minimum Gasteiger partial charge on any atom is -0.319 e. The third-order valence-corrected chi connectivity index (χ3v) is 5.63. The van der Waals surface area contributed by atoms with Crippen LogP contribution in [0.4, 0.5) is 0 Å². The fourth-order valence-electron chi connectivity index (χ4n) is 4.15. The lowest BCUT2D eigenvalue weighted by Crippen LogP contribution is -2.47. The number of halogens is 1. The zero-order chi connectivity index (χ0) is 12.6. The van der Waals surface area contributed by atoms with E-state index in [-0.39, 0.29) is 0 Å². The van der Waals surface area contributed by atoms with E-state index < -0.39 is 0 Å². The number of hydrogen-bond donors (Lipinski definition) is 1. The molecular weight excluding hydrogens is 242 g/mol. The van der Waals surface area contributed by atoms with Gasteiger partial charge in [0.1, 0.15) is 0 Å². The zero-order valence-electron chi connectivity index (χ0n) is 11.1. The van der Waals surface area contributed by atoms with E-state index >= 15 is 0 Å². The van der Waals surface area contributed by atoms with E-state index in [0.29, 0.717) is 10.8 Å². The van der Waals surface area contributed by atoms with Gasteiger partial charge in [-0.1, -0.05) is 23.7 Å². The molecule has 0 aromatic heterocycles. The first-order chi connectivity index (χ1) is 8.68. The van der Waals surface area contributed by atoms with Crippen molar-refractivity contribution in [2.24, 2.45) is 5.41 Å². The van der Waals surface area contributed by atoms with E-state index in [1.807, 2.05) is 6.07 Å². The Kier molecular flexibility index (Phi) is 3.15. The average molecular weight is 264 g/mol. The van der Waals surface area contributed by atoms with Gasteiger partial charge in [-0.15, -0.1) is 0 Å². The van der Waals surface area contributed by atoms with E-state index in [9.17, 15) is 0 Å². The number of nitrogens with one attached hydrogen (secondary N) is 1. The van der Waals surface area contributed by atoms with Crippen LogP contribution in [0.2, 0.25) is 5.02 Å². The van der Waals surface area contributed by atoms with Crippen LogP contribution < -0.4 is 5.32 Å². The number of benzene rings is 1. The van der Waals surface area contributed by atoms with Crippen molar-refractivity contribution >= 4 is 11.6 Å². The van der Waals surface area contributed by atoms with Crippen LogP contribution in [-0.2, 0) is 5.41 Å². The van der Waals surface area contributed by atoms with Crippen molar-refractivity contribution in [1.82, 2.24) is 5.32 Å². The predicted octanol–water partition coefficient (Wildman–Crippen LogP) is 4.15. The second-order valence-corrected chi connectivity index (χ2v) is 6.76. The number of hydrogen-bond acceptors (Lipinski definition) is 1. The molecule has 1 aromatic carbocycles. The highest BCUT2D eigenvalue weighted by atomic mass is 35.5. The standard InChI is InChI=1S/C16H22ClN/c1-18-12-15-5-8-16(9-6-15,10-7-15)13-3-2-4-14(17)11-13/h2-4,11,18H,5-10,12H2,1H3. The van der Waals surface area contributed by atoms with Crippen LogP contribution in [0.25, 0.3) is 0 Å². The van der Waals surface area contributed by atoms with E-state index in [0.717, 1.165) is 5.02 Å². The van der Waals surface area contributed by atoms with Crippen molar-refractivity contribution in [3.8, 4) is 0 Å². The Morgan fingerprint density at radius 3 is 2.33 bits per heavy atom. The molecule has 0 atom stereocenters. The Bertz CT molecular complexity index is 416. The molecular formula is C16H22ClN. The molecule has 0 saturated heterocycles. The summed E-state index contributed by atoms with van der Waals surface area (Å²) in [6.45, 7) is 1.19. The first kappa shape index (κ1) is 12.5. The van der Waals surface area contributed by atoms with Crippen molar-refractivity contribution in [1.29, 1.82) is 0 Å². The third kappa shape index (κ3) is 1.98. The zero-order valence-corrected chi connectivity index (χ0v) is 11.9. The van der Waals surface area contributed by atoms with E-state index in [1.165, 1.54) is 50.6 Å². The van der Waals surface area contributed by atoms with Crippen molar-refractivity contribution in [2.75, 3.05) is 13.6 Å². The molecule has 2 heteroatoms. The molecule has 0 heterocycles. The molecule has 1 N–H and O–H groups in total. The monoisotopic (exact) mass is 263 g/mol. The SMILES string of the molecule is CNCC12CCC(c3cccc(Cl)c3)(CC1)CC2. The van der Waals surface area contributed by atoms with Crippen molar-refractivity contribution in [2.45, 2.75) is 43.9 Å². The Morgan fingerprint density at radius 2 is 1.78 bits per heavy atom. The second-order valence-electron chi connectivity index (χ2n) is 6.32. The molecule has 3 aliphatic carbocycles. The lowest BCUT2D eigenvalue weighted by atomic mass is 9.52. The normalized spacial score (nSPS) is 34.8. The van der Waals surface area contributed by atoms with Gasteiger partial charge in [-0.25, -0.2) is 0 Å². The summed E-state index contributed by atoms with van der Waals surface area (Å²) >= 11 is 6.16. The van der Waals surface area contributed by atoms with Crippen LogP contribution in [0, 0.1) is 5.41 Å². The highest BCUT2D eigenvalue weighted by Crippen LogP contribution is 2.57. The van der Waals surface area contributed by atoms with E-state index in [2.05, 4.69) is 30.6 Å². The maximum atomic E-state index is 6.16. The molecule has 2 bridgehead atoms. The molecule has 1 aromatic rings. The molecule has 0 unspecified atom stereocenters. The van der Waals surface area contributed by atoms with Crippen LogP contribution in [0.1, 0.15) is 44.1 Å². The summed E-state index contributed by atoms with van der Waals surface area (Å²) in [5.41, 5.74) is 2.50. The largest absolute Gasteiger partial charge is 0.319 e. The first-order valence-corrected chi connectivity index (χ1v) is 7.47. The molecule has 18 heavy (non-hydrogen) atoms. The van der Waals surface area contributed by atoms with Crippen molar-refractivity contribution in [3.05, 3.63) is 34.9 Å². The van der Waals surface area contributed by atoms with Crippen molar-refractivity contribution in [3.63, 3.8) is 0 Å². The van der Waals surface area contributed by atoms with Gasteiger partial charge >= 0.3 is 0 Å². The molecule has 0 spiro atoms. The topological polar surface area (TPSA) is 12.0 Å². The summed E-state index contributed by atoms with van der Waals surface area (Å²) < 4.78 is 0. The van der Waals surface area contributed by atoms with Gasteiger partial charge in [0.05, 0.1) is 0 Å². The van der Waals surface area contributed by atoms with Crippen LogP contribution in [-0.4, -0.2) is 13.6 Å². The second kappa shape index (κ2) is 4.54. The van der Waals surface area contributed by atoms with Crippen LogP contribution >= 0.6 is 11.6 Å². The maximum absolute atomic E-state index is 6.16. The smallest absolute Gasteiger partial charge is 0.0408 e. The molecule has 0 amide bonds. The summed E-state index contributed by atoms with van der Waals surface area (Å²) in [5, 5.41) is 4.28. The summed E-state index contributed by atoms with van der Waals surface area (Å²) in [6, 6.07) is 8.56. The van der Waals surface area contributed by atoms with Gasteiger partial charge in [0.2, 0.25) is 0 Å². The third-order valence-electron chi connectivity index (χ3n) is 5.39. The van der Waals surface area contributed by atoms with Gasteiger partial charge in [0.15, 0.2) is 0 Å². The molecule has 0 aliphatic heterocycles. The summed E-state index contributed by atoms with van der Waals surface area (Å²) in [4.78, 5) is 0. The van der Waals surface area contributed by atoms with Gasteiger partial charge in [-0.05, 0) is 74.1 Å². The Balaban J connectivity index is 1.84. The van der Waals surface area contributed by atoms with Crippen LogP contribution in [0.3, 0.4) is 0 Å². The minimum atomic E-state index is 0.431. The molecule has 3 fully saturated rings. The van der Waals surface area contributed by atoms with Crippen molar-refractivity contribution < 1.29 is 0 Å². The lowest BCUT2D eigenvalue weighted by Gasteiger charge is -2.54. The van der Waals surface area contributed by atoms with E-state index in [1.54, 1.807) is 0 Å². The van der Waals surface area contributed by atoms with Gasteiger partial charge in [-0.2, -0.15) is 0 Å². The summed E-state index contributed by atoms with van der Waals surface area (Å²) in [5.74, 6) is 0. The molecule has 0 radical (unpaired) electrons. The van der Waals surface area contributed by atoms with Gasteiger partial charge in [0.25, 0.3) is 0 Å². The number of fused-ring (bicyclic) bond motifs is 3. The predicted molar refractivity (Wildman–Crippen MR) is 77.2 cm³/mol. The molecule has 3 saturated carbocycles. The fraction of sp³-hybridized carbons (Fsp3) is 0.625. The highest BCUT2D eigenvalue weighted by molar-refractivity contribution is 6.30. The molecule has 98 valence electrons. The molecule has 3 aliphatic rings. The average Bonchev–Trinajstić information content (AvgIpc) is 2.41. The first-order valence-electron chi connectivity index (χ1n) is 7.09.